The second-order valence-electron chi connectivity index (χ2n) is 6.53. The molecule has 2 heterocycles. The van der Waals surface area contributed by atoms with Crippen molar-refractivity contribution in [1.29, 1.82) is 0 Å². The van der Waals surface area contributed by atoms with E-state index >= 15 is 0 Å². The molecule has 6 heteroatoms. The lowest BCUT2D eigenvalue weighted by molar-refractivity contribution is 0.209. The van der Waals surface area contributed by atoms with E-state index in [0.717, 1.165) is 30.0 Å². The van der Waals surface area contributed by atoms with E-state index in [1.165, 1.54) is 5.56 Å². The van der Waals surface area contributed by atoms with Crippen molar-refractivity contribution < 1.29 is 9.53 Å². The predicted octanol–water partition coefficient (Wildman–Crippen LogP) is 3.14. The van der Waals surface area contributed by atoms with Crippen molar-refractivity contribution in [2.45, 2.75) is 25.3 Å². The lowest BCUT2D eigenvalue weighted by atomic mass is 9.97. The monoisotopic (exact) mass is 343 g/mol. The van der Waals surface area contributed by atoms with Crippen molar-refractivity contribution in [2.75, 3.05) is 13.2 Å². The van der Waals surface area contributed by atoms with Crippen molar-refractivity contribution in [3.63, 3.8) is 0 Å². The third kappa shape index (κ3) is 3.53. The Balaban J connectivity index is 1.29. The molecule has 24 heavy (non-hydrogen) atoms. The van der Waals surface area contributed by atoms with Gasteiger partial charge >= 0.3 is 6.03 Å². The Kier molecular flexibility index (Phi) is 4.38. The van der Waals surface area contributed by atoms with Crippen LogP contribution in [0.2, 0.25) is 0 Å². The number of rotatable bonds is 5. The largest absolute Gasteiger partial charge is 0.493 e. The van der Waals surface area contributed by atoms with E-state index in [1.54, 1.807) is 17.5 Å². The molecule has 1 fully saturated rings. The van der Waals surface area contributed by atoms with Crippen molar-refractivity contribution >= 4 is 17.4 Å². The van der Waals surface area contributed by atoms with Crippen molar-refractivity contribution in [3.05, 3.63) is 46.4 Å². The zero-order chi connectivity index (χ0) is 16.4. The first-order valence-corrected chi connectivity index (χ1v) is 9.32. The fraction of sp³-hybridized carbons (Fsp3) is 0.444. The van der Waals surface area contributed by atoms with Crippen LogP contribution in [0.5, 0.6) is 5.75 Å². The van der Waals surface area contributed by atoms with Gasteiger partial charge in [0.15, 0.2) is 0 Å². The second kappa shape index (κ2) is 6.81. The van der Waals surface area contributed by atoms with E-state index in [4.69, 9.17) is 4.74 Å². The molecule has 5 nitrogen and oxygen atoms in total. The van der Waals surface area contributed by atoms with Gasteiger partial charge in [-0.15, -0.1) is 11.3 Å². The van der Waals surface area contributed by atoms with Crippen molar-refractivity contribution in [2.24, 2.45) is 11.8 Å². The molecule has 0 radical (unpaired) electrons. The molecule has 1 aromatic carbocycles. The van der Waals surface area contributed by atoms with Crippen molar-refractivity contribution in [3.8, 4) is 5.75 Å². The summed E-state index contributed by atoms with van der Waals surface area (Å²) in [6.45, 7) is 1.27. The Labute approximate surface area is 145 Å². The van der Waals surface area contributed by atoms with Gasteiger partial charge in [-0.3, -0.25) is 0 Å². The lowest BCUT2D eigenvalue weighted by Crippen LogP contribution is -2.42. The number of ether oxygens (including phenoxy) is 1. The average Bonchev–Trinajstić information content (AvgIpc) is 3.31. The van der Waals surface area contributed by atoms with Gasteiger partial charge < -0.3 is 15.4 Å². The summed E-state index contributed by atoms with van der Waals surface area (Å²) in [5.41, 5.74) is 1.22. The normalized spacial score (nSPS) is 20.6. The number of amides is 2. The van der Waals surface area contributed by atoms with Crippen LogP contribution in [0, 0.1) is 11.8 Å². The van der Waals surface area contributed by atoms with Gasteiger partial charge in [0, 0.05) is 24.0 Å². The number of para-hydroxylation sites is 1. The summed E-state index contributed by atoms with van der Waals surface area (Å²) in [6, 6.07) is 8.04. The van der Waals surface area contributed by atoms with Crippen LogP contribution in [0.15, 0.2) is 35.8 Å². The molecular weight excluding hydrogens is 322 g/mol. The first kappa shape index (κ1) is 15.4. The number of nitrogens with one attached hydrogen (secondary N) is 2. The molecule has 2 atom stereocenters. The van der Waals surface area contributed by atoms with E-state index in [9.17, 15) is 4.79 Å². The molecule has 1 aliphatic heterocycles. The molecule has 1 saturated carbocycles. The van der Waals surface area contributed by atoms with Gasteiger partial charge in [0.25, 0.3) is 0 Å². The highest BCUT2D eigenvalue weighted by molar-refractivity contribution is 7.09. The van der Waals surface area contributed by atoms with E-state index < -0.39 is 0 Å². The van der Waals surface area contributed by atoms with Crippen LogP contribution in [0.25, 0.3) is 0 Å². The van der Waals surface area contributed by atoms with Crippen LogP contribution in [-0.2, 0) is 6.42 Å². The van der Waals surface area contributed by atoms with Gasteiger partial charge in [-0.05, 0) is 36.8 Å². The maximum absolute atomic E-state index is 12.3. The standard InChI is InChI=1S/C18H21N3O2S/c22-18(21-16(13-5-6-13)17-19-7-8-24-17)20-10-12-9-14-3-1-2-4-15(14)23-11-12/h1-4,7-8,12-13,16H,5-6,9-11H2,(H2,20,21,22)/t12-,16+/m0/s1. The number of nitrogens with zero attached hydrogens (tertiary/aromatic N) is 1. The molecule has 0 saturated heterocycles. The third-order valence-corrected chi connectivity index (χ3v) is 5.46. The molecule has 0 spiro atoms. The Morgan fingerprint density at radius 3 is 3.04 bits per heavy atom. The van der Waals surface area contributed by atoms with Gasteiger partial charge in [-0.2, -0.15) is 0 Å². The molecule has 0 bridgehead atoms. The molecule has 4 rings (SSSR count). The first-order valence-electron chi connectivity index (χ1n) is 8.44. The number of hydrogen-bond donors (Lipinski definition) is 2. The highest BCUT2D eigenvalue weighted by Crippen LogP contribution is 2.41. The molecule has 2 N–H and O–H groups in total. The minimum Gasteiger partial charge on any atom is -0.493 e. The van der Waals surface area contributed by atoms with Crippen molar-refractivity contribution in [1.82, 2.24) is 15.6 Å². The van der Waals surface area contributed by atoms with Crippen LogP contribution >= 0.6 is 11.3 Å². The summed E-state index contributed by atoms with van der Waals surface area (Å²) >= 11 is 1.61. The Morgan fingerprint density at radius 1 is 1.38 bits per heavy atom. The van der Waals surface area contributed by atoms with Crippen LogP contribution < -0.4 is 15.4 Å². The maximum atomic E-state index is 12.3. The molecule has 2 amide bonds. The zero-order valence-electron chi connectivity index (χ0n) is 13.4. The fourth-order valence-electron chi connectivity index (χ4n) is 3.15. The zero-order valence-corrected chi connectivity index (χ0v) is 14.2. The average molecular weight is 343 g/mol. The van der Waals surface area contributed by atoms with Crippen LogP contribution in [0.4, 0.5) is 4.79 Å². The van der Waals surface area contributed by atoms with Gasteiger partial charge in [-0.1, -0.05) is 18.2 Å². The Morgan fingerprint density at radius 2 is 2.25 bits per heavy atom. The molecule has 1 aliphatic carbocycles. The van der Waals surface area contributed by atoms with Crippen LogP contribution in [0.3, 0.4) is 0 Å². The van der Waals surface area contributed by atoms with E-state index in [2.05, 4.69) is 21.7 Å². The van der Waals surface area contributed by atoms with E-state index in [-0.39, 0.29) is 12.1 Å². The summed E-state index contributed by atoms with van der Waals surface area (Å²) < 4.78 is 5.78. The number of fused-ring (bicyclic) bond motifs is 1. The minimum absolute atomic E-state index is 0.0494. The summed E-state index contributed by atoms with van der Waals surface area (Å²) in [7, 11) is 0. The highest BCUT2D eigenvalue weighted by Gasteiger charge is 2.35. The van der Waals surface area contributed by atoms with Crippen LogP contribution in [-0.4, -0.2) is 24.2 Å². The Hall–Kier alpha value is -2.08. The lowest BCUT2D eigenvalue weighted by Gasteiger charge is -2.25. The molecular formula is C18H21N3O2S. The maximum Gasteiger partial charge on any atom is 0.315 e. The Bertz CT molecular complexity index is 700. The van der Waals surface area contributed by atoms with Gasteiger partial charge in [0.05, 0.1) is 12.6 Å². The number of thiazole rings is 1. The topological polar surface area (TPSA) is 63.2 Å². The number of aromatic nitrogens is 1. The highest BCUT2D eigenvalue weighted by atomic mass is 32.1. The smallest absolute Gasteiger partial charge is 0.315 e. The number of carbonyl (C=O) groups is 1. The third-order valence-electron chi connectivity index (χ3n) is 4.60. The summed E-state index contributed by atoms with van der Waals surface area (Å²) in [4.78, 5) is 16.6. The number of benzene rings is 1. The summed E-state index contributed by atoms with van der Waals surface area (Å²) in [5.74, 6) is 1.81. The van der Waals surface area contributed by atoms with E-state index in [1.807, 2.05) is 23.6 Å². The SMILES string of the molecule is O=C(NC[C@H]1COc2ccccc2C1)N[C@@H](c1nccs1)C1CC1. The van der Waals surface area contributed by atoms with Crippen LogP contribution in [0.1, 0.15) is 29.5 Å². The summed E-state index contributed by atoms with van der Waals surface area (Å²) in [5, 5.41) is 9.06. The first-order chi connectivity index (χ1) is 11.8. The fourth-order valence-corrected chi connectivity index (χ4v) is 3.93. The predicted molar refractivity (Wildman–Crippen MR) is 93.2 cm³/mol. The quantitative estimate of drug-likeness (QED) is 0.877. The molecule has 2 aromatic rings. The molecule has 1 aromatic heterocycles. The number of hydrogen-bond acceptors (Lipinski definition) is 4. The summed E-state index contributed by atoms with van der Waals surface area (Å²) in [6.07, 6.45) is 5.07. The second-order valence-corrected chi connectivity index (χ2v) is 7.45. The number of urea groups is 1. The van der Waals surface area contributed by atoms with Gasteiger partial charge in [-0.25, -0.2) is 9.78 Å². The molecule has 126 valence electrons. The van der Waals surface area contributed by atoms with Gasteiger partial charge in [0.1, 0.15) is 10.8 Å². The molecule has 0 unspecified atom stereocenters. The van der Waals surface area contributed by atoms with Gasteiger partial charge in [0.2, 0.25) is 0 Å². The minimum atomic E-state index is -0.110. The molecule has 2 aliphatic rings. The van der Waals surface area contributed by atoms with E-state index in [0.29, 0.717) is 25.0 Å². The number of carbonyl (C=O) groups excluding carboxylic acids is 1.